The summed E-state index contributed by atoms with van der Waals surface area (Å²) in [6, 6.07) is 9.80. The van der Waals surface area contributed by atoms with Crippen LogP contribution in [0.25, 0.3) is 0 Å². The summed E-state index contributed by atoms with van der Waals surface area (Å²) in [5, 5.41) is 18.0. The van der Waals surface area contributed by atoms with Crippen LogP contribution in [-0.4, -0.2) is 23.2 Å². The lowest BCUT2D eigenvalue weighted by Gasteiger charge is -2.12. The van der Waals surface area contributed by atoms with Gasteiger partial charge in [-0.2, -0.15) is 5.10 Å². The summed E-state index contributed by atoms with van der Waals surface area (Å²) in [5.74, 6) is 0. The van der Waals surface area contributed by atoms with Gasteiger partial charge in [-0.15, -0.1) is 0 Å². The van der Waals surface area contributed by atoms with Crippen molar-refractivity contribution in [1.29, 1.82) is 0 Å². The number of rotatable bonds is 1. The Kier molecular flexibility index (Phi) is 2.18. The number of anilines is 1. The molecule has 0 amide bonds. The van der Waals surface area contributed by atoms with Gasteiger partial charge in [-0.1, -0.05) is 23.4 Å². The number of nitrogens with zero attached hydrogens (tertiary/aromatic N) is 3. The second-order valence-corrected chi connectivity index (χ2v) is 3.13. The van der Waals surface area contributed by atoms with Crippen molar-refractivity contribution in [2.45, 2.75) is 6.92 Å². The van der Waals surface area contributed by atoms with Gasteiger partial charge in [0.2, 0.25) is 0 Å². The Bertz CT molecular complexity index is 384. The maximum Gasteiger partial charge on any atom is 0.124 e. The Morgan fingerprint density at radius 3 is 2.64 bits per heavy atom. The number of benzene rings is 1. The largest absolute Gasteiger partial charge is 0.411 e. The number of para-hydroxylation sites is 1. The number of hydrogen-bond acceptors (Lipinski definition) is 4. The van der Waals surface area contributed by atoms with Crippen LogP contribution in [0.2, 0.25) is 0 Å². The zero-order valence-corrected chi connectivity index (χ0v) is 7.88. The molecule has 72 valence electrons. The Balaban J connectivity index is 2.26. The normalized spacial score (nSPS) is 18.8. The van der Waals surface area contributed by atoms with Crippen molar-refractivity contribution in [3.63, 3.8) is 0 Å². The molecule has 0 saturated heterocycles. The maximum atomic E-state index is 8.68. The third-order valence-corrected chi connectivity index (χ3v) is 2.16. The molecule has 0 unspecified atom stereocenters. The Labute approximate surface area is 82.2 Å². The molecule has 1 aliphatic rings. The van der Waals surface area contributed by atoms with E-state index in [1.807, 2.05) is 42.3 Å². The summed E-state index contributed by atoms with van der Waals surface area (Å²) in [4.78, 5) is 0. The summed E-state index contributed by atoms with van der Waals surface area (Å²) in [6.07, 6.45) is 0. The van der Waals surface area contributed by atoms with Crippen molar-refractivity contribution >= 4 is 17.1 Å². The second-order valence-electron chi connectivity index (χ2n) is 3.13. The van der Waals surface area contributed by atoms with Crippen molar-refractivity contribution in [2.24, 2.45) is 10.3 Å². The average Bonchev–Trinajstić information content (AvgIpc) is 2.61. The number of hydrazone groups is 1. The van der Waals surface area contributed by atoms with E-state index >= 15 is 0 Å². The number of hydrogen-bond donors (Lipinski definition) is 1. The second kappa shape index (κ2) is 3.49. The van der Waals surface area contributed by atoms with E-state index in [1.165, 1.54) is 0 Å². The van der Waals surface area contributed by atoms with E-state index in [1.54, 1.807) is 0 Å². The van der Waals surface area contributed by atoms with E-state index in [4.69, 9.17) is 5.21 Å². The fraction of sp³-hybridized carbons (Fsp3) is 0.200. The van der Waals surface area contributed by atoms with Crippen LogP contribution in [0.5, 0.6) is 0 Å². The minimum atomic E-state index is 0.534. The Morgan fingerprint density at radius 1 is 1.36 bits per heavy atom. The minimum Gasteiger partial charge on any atom is -0.411 e. The molecule has 0 fully saturated rings. The van der Waals surface area contributed by atoms with Crippen molar-refractivity contribution in [1.82, 2.24) is 0 Å². The third-order valence-electron chi connectivity index (χ3n) is 2.16. The summed E-state index contributed by atoms with van der Waals surface area (Å²) in [7, 11) is 0. The van der Waals surface area contributed by atoms with Crippen LogP contribution in [-0.2, 0) is 0 Å². The van der Waals surface area contributed by atoms with Gasteiger partial charge in [-0.05, 0) is 19.1 Å². The highest BCUT2D eigenvalue weighted by atomic mass is 16.4. The van der Waals surface area contributed by atoms with Crippen LogP contribution < -0.4 is 5.01 Å². The maximum absolute atomic E-state index is 8.68. The first-order valence-electron chi connectivity index (χ1n) is 4.40. The van der Waals surface area contributed by atoms with Gasteiger partial charge in [-0.3, -0.25) is 5.01 Å². The first-order valence-corrected chi connectivity index (χ1v) is 4.40. The molecular formula is C10H11N3O. The van der Waals surface area contributed by atoms with E-state index in [2.05, 4.69) is 10.3 Å². The van der Waals surface area contributed by atoms with Gasteiger partial charge in [0.15, 0.2) is 0 Å². The third kappa shape index (κ3) is 1.46. The summed E-state index contributed by atoms with van der Waals surface area (Å²) in [6.45, 7) is 2.37. The van der Waals surface area contributed by atoms with Crippen molar-refractivity contribution in [2.75, 3.05) is 11.6 Å². The van der Waals surface area contributed by atoms with Gasteiger partial charge in [0.25, 0.3) is 0 Å². The predicted octanol–water partition coefficient (Wildman–Crippen LogP) is 1.71. The molecule has 2 rings (SSSR count). The summed E-state index contributed by atoms with van der Waals surface area (Å²) < 4.78 is 0. The lowest BCUT2D eigenvalue weighted by atomic mass is 10.2. The topological polar surface area (TPSA) is 48.2 Å². The zero-order chi connectivity index (χ0) is 9.97. The number of oxime groups is 1. The van der Waals surface area contributed by atoms with Crippen molar-refractivity contribution < 1.29 is 5.21 Å². The molecule has 0 aliphatic carbocycles. The van der Waals surface area contributed by atoms with E-state index in [-0.39, 0.29) is 0 Å². The van der Waals surface area contributed by atoms with Gasteiger partial charge < -0.3 is 5.21 Å². The van der Waals surface area contributed by atoms with E-state index in [0.717, 1.165) is 11.4 Å². The van der Waals surface area contributed by atoms with Gasteiger partial charge in [-0.25, -0.2) is 0 Å². The van der Waals surface area contributed by atoms with Crippen LogP contribution in [0.1, 0.15) is 6.92 Å². The van der Waals surface area contributed by atoms with Gasteiger partial charge >= 0.3 is 0 Å². The Morgan fingerprint density at radius 2 is 2.07 bits per heavy atom. The highest BCUT2D eigenvalue weighted by molar-refractivity contribution is 6.44. The van der Waals surface area contributed by atoms with E-state index < -0.39 is 0 Å². The van der Waals surface area contributed by atoms with Crippen LogP contribution >= 0.6 is 0 Å². The molecule has 0 bridgehead atoms. The molecule has 0 saturated carbocycles. The molecular weight excluding hydrogens is 178 g/mol. The molecule has 4 heteroatoms. The van der Waals surface area contributed by atoms with Crippen LogP contribution in [0, 0.1) is 0 Å². The first kappa shape index (κ1) is 8.74. The lowest BCUT2D eigenvalue weighted by Crippen LogP contribution is -2.18. The molecule has 1 aromatic carbocycles. The molecule has 1 aromatic rings. The summed E-state index contributed by atoms with van der Waals surface area (Å²) >= 11 is 0. The molecule has 4 nitrogen and oxygen atoms in total. The molecule has 0 aromatic heterocycles. The first-order chi connectivity index (χ1) is 6.81. The zero-order valence-electron chi connectivity index (χ0n) is 7.88. The van der Waals surface area contributed by atoms with Crippen molar-refractivity contribution in [3.05, 3.63) is 30.3 Å². The van der Waals surface area contributed by atoms with Crippen LogP contribution in [0.4, 0.5) is 5.69 Å². The molecule has 1 aliphatic heterocycles. The monoisotopic (exact) mass is 189 g/mol. The lowest BCUT2D eigenvalue weighted by molar-refractivity contribution is 0.319. The smallest absolute Gasteiger partial charge is 0.124 e. The van der Waals surface area contributed by atoms with Crippen LogP contribution in [0.3, 0.4) is 0 Å². The SMILES string of the molecule is CC1=NN(c2ccccc2)CC1=NO. The summed E-state index contributed by atoms with van der Waals surface area (Å²) in [5.41, 5.74) is 2.38. The molecule has 0 atom stereocenters. The molecule has 14 heavy (non-hydrogen) atoms. The average molecular weight is 189 g/mol. The van der Waals surface area contributed by atoms with Gasteiger partial charge in [0, 0.05) is 0 Å². The predicted molar refractivity (Wildman–Crippen MR) is 56.1 cm³/mol. The van der Waals surface area contributed by atoms with E-state index in [9.17, 15) is 0 Å². The fourth-order valence-corrected chi connectivity index (χ4v) is 1.38. The minimum absolute atomic E-state index is 0.534. The quantitative estimate of drug-likeness (QED) is 0.540. The molecule has 1 heterocycles. The molecule has 0 radical (unpaired) electrons. The molecule has 0 spiro atoms. The fourth-order valence-electron chi connectivity index (χ4n) is 1.38. The van der Waals surface area contributed by atoms with Crippen LogP contribution in [0.15, 0.2) is 40.6 Å². The van der Waals surface area contributed by atoms with E-state index in [0.29, 0.717) is 12.3 Å². The van der Waals surface area contributed by atoms with Gasteiger partial charge in [0.1, 0.15) is 5.71 Å². The van der Waals surface area contributed by atoms with Gasteiger partial charge in [0.05, 0.1) is 17.9 Å². The Hall–Kier alpha value is -1.84. The standard InChI is InChI=1S/C10H11N3O/c1-8-10(12-14)7-13(11-8)9-5-3-2-4-6-9/h2-6,14H,7H2,1H3. The van der Waals surface area contributed by atoms with Crippen molar-refractivity contribution in [3.8, 4) is 0 Å². The highest BCUT2D eigenvalue weighted by Crippen LogP contribution is 2.17. The highest BCUT2D eigenvalue weighted by Gasteiger charge is 2.19. The molecule has 1 N–H and O–H groups in total.